The molecule has 0 aliphatic carbocycles. The molecular formula is C25H22N4O2. The highest BCUT2D eigenvalue weighted by atomic mass is 16.6. The van der Waals surface area contributed by atoms with Crippen molar-refractivity contribution in [2.45, 2.75) is 18.9 Å². The van der Waals surface area contributed by atoms with Gasteiger partial charge in [0.25, 0.3) is 0 Å². The highest BCUT2D eigenvalue weighted by Gasteiger charge is 2.32. The van der Waals surface area contributed by atoms with Crippen LogP contribution in [0, 0.1) is 0 Å². The van der Waals surface area contributed by atoms with Crippen molar-refractivity contribution in [1.29, 1.82) is 0 Å². The first-order chi connectivity index (χ1) is 15.4. The summed E-state index contributed by atoms with van der Waals surface area (Å²) < 4.78 is 11.9. The predicted molar refractivity (Wildman–Crippen MR) is 120 cm³/mol. The number of hydrogen-bond acceptors (Lipinski definition) is 6. The van der Waals surface area contributed by atoms with Crippen molar-refractivity contribution in [3.8, 4) is 22.9 Å². The molecule has 4 heterocycles. The van der Waals surface area contributed by atoms with Gasteiger partial charge in [-0.3, -0.25) is 4.98 Å². The number of pyridine rings is 1. The van der Waals surface area contributed by atoms with Gasteiger partial charge in [-0.05, 0) is 43.2 Å². The molecule has 6 nitrogen and oxygen atoms in total. The van der Waals surface area contributed by atoms with E-state index in [1.54, 1.807) is 6.20 Å². The van der Waals surface area contributed by atoms with Crippen LogP contribution in [0.4, 0.5) is 5.82 Å². The van der Waals surface area contributed by atoms with Gasteiger partial charge in [-0.2, -0.15) is 0 Å². The average Bonchev–Trinajstić information content (AvgIpc) is 3.33. The van der Waals surface area contributed by atoms with Crippen LogP contribution in [0.15, 0.2) is 67.0 Å². The molecule has 1 atom stereocenters. The molecule has 31 heavy (non-hydrogen) atoms. The number of nitrogens with zero attached hydrogens (tertiary/aromatic N) is 4. The van der Waals surface area contributed by atoms with E-state index in [9.17, 15) is 0 Å². The van der Waals surface area contributed by atoms with E-state index in [4.69, 9.17) is 19.4 Å². The monoisotopic (exact) mass is 410 g/mol. The molecule has 154 valence electrons. The van der Waals surface area contributed by atoms with Crippen LogP contribution in [0.2, 0.25) is 0 Å². The van der Waals surface area contributed by atoms with Gasteiger partial charge in [0.2, 0.25) is 0 Å². The Balaban J connectivity index is 1.50. The number of fused-ring (bicyclic) bond motifs is 2. The number of anilines is 1. The van der Waals surface area contributed by atoms with Gasteiger partial charge in [0.05, 0.1) is 11.6 Å². The van der Waals surface area contributed by atoms with Crippen LogP contribution in [0.5, 0.6) is 11.5 Å². The van der Waals surface area contributed by atoms with Crippen molar-refractivity contribution in [3.05, 3.63) is 72.6 Å². The SMILES string of the molecule is c1cncc(-c2nc(N3CCCC3c3cccc4c3OCCO4)c3ccccc3n2)c1. The molecule has 2 aliphatic rings. The summed E-state index contributed by atoms with van der Waals surface area (Å²) in [5.41, 5.74) is 3.02. The molecule has 1 unspecified atom stereocenters. The summed E-state index contributed by atoms with van der Waals surface area (Å²) in [5, 5.41) is 1.06. The van der Waals surface area contributed by atoms with Crippen LogP contribution < -0.4 is 14.4 Å². The number of ether oxygens (including phenoxy) is 2. The summed E-state index contributed by atoms with van der Waals surface area (Å²) in [5.74, 6) is 3.36. The molecule has 0 N–H and O–H groups in total. The fraction of sp³-hybridized carbons (Fsp3) is 0.240. The minimum absolute atomic E-state index is 0.178. The van der Waals surface area contributed by atoms with Gasteiger partial charge >= 0.3 is 0 Å². The maximum absolute atomic E-state index is 6.04. The zero-order valence-electron chi connectivity index (χ0n) is 17.1. The van der Waals surface area contributed by atoms with E-state index in [1.165, 1.54) is 5.56 Å². The average molecular weight is 410 g/mol. The smallest absolute Gasteiger partial charge is 0.166 e. The van der Waals surface area contributed by atoms with Crippen LogP contribution in [0.3, 0.4) is 0 Å². The fourth-order valence-electron chi connectivity index (χ4n) is 4.61. The van der Waals surface area contributed by atoms with Gasteiger partial charge in [0.1, 0.15) is 19.0 Å². The summed E-state index contributed by atoms with van der Waals surface area (Å²) in [7, 11) is 0. The number of benzene rings is 2. The predicted octanol–water partition coefficient (Wildman–Crippen LogP) is 4.80. The molecular weight excluding hydrogens is 388 g/mol. The molecule has 0 amide bonds. The van der Waals surface area contributed by atoms with Gasteiger partial charge in [0.15, 0.2) is 17.3 Å². The molecule has 1 saturated heterocycles. The Morgan fingerprint density at radius 2 is 1.84 bits per heavy atom. The molecule has 6 rings (SSSR count). The first-order valence-electron chi connectivity index (χ1n) is 10.7. The lowest BCUT2D eigenvalue weighted by molar-refractivity contribution is 0.169. The fourth-order valence-corrected chi connectivity index (χ4v) is 4.61. The molecule has 0 radical (unpaired) electrons. The summed E-state index contributed by atoms with van der Waals surface area (Å²) in [6.07, 6.45) is 5.72. The van der Waals surface area contributed by atoms with Crippen molar-refractivity contribution >= 4 is 16.7 Å². The van der Waals surface area contributed by atoms with Gasteiger partial charge in [-0.25, -0.2) is 9.97 Å². The lowest BCUT2D eigenvalue weighted by Crippen LogP contribution is -2.26. The quantitative estimate of drug-likeness (QED) is 0.483. The van der Waals surface area contributed by atoms with E-state index in [0.717, 1.165) is 53.2 Å². The van der Waals surface area contributed by atoms with Crippen molar-refractivity contribution in [3.63, 3.8) is 0 Å². The van der Waals surface area contributed by atoms with Crippen LogP contribution in [-0.2, 0) is 0 Å². The summed E-state index contributed by atoms with van der Waals surface area (Å²) in [4.78, 5) is 16.5. The number of hydrogen-bond donors (Lipinski definition) is 0. The van der Waals surface area contributed by atoms with Crippen LogP contribution in [-0.4, -0.2) is 34.7 Å². The number of para-hydroxylation sites is 2. The lowest BCUT2D eigenvalue weighted by atomic mass is 10.0. The molecule has 2 aliphatic heterocycles. The minimum atomic E-state index is 0.178. The maximum atomic E-state index is 6.04. The molecule has 2 aromatic carbocycles. The normalized spacial score (nSPS) is 17.8. The van der Waals surface area contributed by atoms with Crippen LogP contribution >= 0.6 is 0 Å². The summed E-state index contributed by atoms with van der Waals surface area (Å²) >= 11 is 0. The molecule has 0 bridgehead atoms. The standard InChI is InChI=1S/C25H22N4O2/c1-2-9-20-18(7-1)25(28-24(27-20)17-6-4-12-26-16-17)29-13-5-10-21(29)19-8-3-11-22-23(19)31-15-14-30-22/h1-4,6-9,11-12,16,21H,5,10,13-15H2. The van der Waals surface area contributed by atoms with E-state index in [2.05, 4.69) is 28.1 Å². The second-order valence-corrected chi connectivity index (χ2v) is 7.85. The second kappa shape index (κ2) is 7.54. The third-order valence-corrected chi connectivity index (χ3v) is 5.98. The zero-order chi connectivity index (χ0) is 20.6. The topological polar surface area (TPSA) is 60.4 Å². The summed E-state index contributed by atoms with van der Waals surface area (Å²) in [6.45, 7) is 2.11. The summed E-state index contributed by atoms with van der Waals surface area (Å²) in [6, 6.07) is 18.5. The van der Waals surface area contributed by atoms with Crippen LogP contribution in [0.25, 0.3) is 22.3 Å². The third kappa shape index (κ3) is 3.15. The highest BCUT2D eigenvalue weighted by molar-refractivity contribution is 5.91. The third-order valence-electron chi connectivity index (χ3n) is 5.98. The first kappa shape index (κ1) is 18.1. The van der Waals surface area contributed by atoms with Crippen molar-refractivity contribution < 1.29 is 9.47 Å². The Morgan fingerprint density at radius 3 is 2.77 bits per heavy atom. The van der Waals surface area contributed by atoms with E-state index in [0.29, 0.717) is 19.0 Å². The Labute approximate surface area is 180 Å². The van der Waals surface area contributed by atoms with E-state index < -0.39 is 0 Å². The molecule has 4 aromatic rings. The maximum Gasteiger partial charge on any atom is 0.166 e. The Hall–Kier alpha value is -3.67. The Kier molecular flexibility index (Phi) is 4.41. The second-order valence-electron chi connectivity index (χ2n) is 7.85. The van der Waals surface area contributed by atoms with E-state index in [-0.39, 0.29) is 6.04 Å². The van der Waals surface area contributed by atoms with Crippen molar-refractivity contribution in [2.75, 3.05) is 24.7 Å². The number of rotatable bonds is 3. The van der Waals surface area contributed by atoms with E-state index >= 15 is 0 Å². The van der Waals surface area contributed by atoms with Crippen molar-refractivity contribution in [1.82, 2.24) is 15.0 Å². The van der Waals surface area contributed by atoms with E-state index in [1.807, 2.05) is 42.6 Å². The van der Waals surface area contributed by atoms with Gasteiger partial charge in [-0.15, -0.1) is 0 Å². The van der Waals surface area contributed by atoms with Crippen LogP contribution in [0.1, 0.15) is 24.4 Å². The largest absolute Gasteiger partial charge is 0.486 e. The zero-order valence-corrected chi connectivity index (χ0v) is 17.1. The van der Waals surface area contributed by atoms with Crippen molar-refractivity contribution in [2.24, 2.45) is 0 Å². The Morgan fingerprint density at radius 1 is 0.903 bits per heavy atom. The Bertz CT molecular complexity index is 1240. The minimum Gasteiger partial charge on any atom is -0.486 e. The molecule has 0 spiro atoms. The molecule has 0 saturated carbocycles. The van der Waals surface area contributed by atoms with Gasteiger partial charge in [0, 0.05) is 35.5 Å². The number of aromatic nitrogens is 3. The molecule has 1 fully saturated rings. The highest BCUT2D eigenvalue weighted by Crippen LogP contribution is 2.45. The lowest BCUT2D eigenvalue weighted by Gasteiger charge is -2.30. The van der Waals surface area contributed by atoms with Gasteiger partial charge in [-0.1, -0.05) is 24.3 Å². The first-order valence-corrected chi connectivity index (χ1v) is 10.7. The molecule has 6 heteroatoms. The van der Waals surface area contributed by atoms with Gasteiger partial charge < -0.3 is 14.4 Å². The molecule has 2 aromatic heterocycles.